The fraction of sp³-hybridized carbons (Fsp3) is 0.778. The Bertz CT molecular complexity index is 252. The second kappa shape index (κ2) is 5.85. The van der Waals surface area contributed by atoms with Crippen LogP contribution in [0.5, 0.6) is 0 Å². The highest BCUT2D eigenvalue weighted by Gasteiger charge is 2.25. The molecule has 2 atom stereocenters. The number of carbonyl (C=O) groups excluding carboxylic acids is 1. The Morgan fingerprint density at radius 3 is 3.00 bits per heavy atom. The molecule has 0 radical (unpaired) electrons. The molecule has 0 aromatic heterocycles. The Morgan fingerprint density at radius 1 is 1.80 bits per heavy atom. The molecule has 5 nitrogen and oxygen atoms in total. The molecule has 0 saturated carbocycles. The first kappa shape index (κ1) is 12.2. The number of amidine groups is 1. The fourth-order valence-corrected chi connectivity index (χ4v) is 2.71. The minimum absolute atomic E-state index is 0.0125. The van der Waals surface area contributed by atoms with E-state index in [4.69, 9.17) is 10.9 Å². The van der Waals surface area contributed by atoms with Crippen molar-refractivity contribution in [3.8, 4) is 0 Å². The van der Waals surface area contributed by atoms with E-state index in [1.54, 1.807) is 11.8 Å². The molecule has 1 aliphatic heterocycles. The van der Waals surface area contributed by atoms with Crippen molar-refractivity contribution < 1.29 is 10.0 Å². The van der Waals surface area contributed by atoms with Gasteiger partial charge in [0.25, 0.3) is 0 Å². The average molecular weight is 231 g/mol. The third kappa shape index (κ3) is 3.30. The second-order valence-corrected chi connectivity index (χ2v) is 4.70. The van der Waals surface area contributed by atoms with Crippen molar-refractivity contribution in [1.29, 1.82) is 0 Å². The summed E-state index contributed by atoms with van der Waals surface area (Å²) in [4.78, 5) is 11.7. The van der Waals surface area contributed by atoms with Gasteiger partial charge in [-0.1, -0.05) is 12.1 Å². The average Bonchev–Trinajstić information content (AvgIpc) is 2.77. The number of carbonyl (C=O) groups is 1. The van der Waals surface area contributed by atoms with Crippen LogP contribution in [0.15, 0.2) is 5.16 Å². The van der Waals surface area contributed by atoms with Crippen LogP contribution in [0.3, 0.4) is 0 Å². The van der Waals surface area contributed by atoms with Gasteiger partial charge in [-0.15, -0.1) is 0 Å². The molecule has 1 fully saturated rings. The molecule has 15 heavy (non-hydrogen) atoms. The van der Waals surface area contributed by atoms with Gasteiger partial charge in [0.1, 0.15) is 0 Å². The number of nitrogens with one attached hydrogen (secondary N) is 1. The van der Waals surface area contributed by atoms with Crippen LogP contribution < -0.4 is 11.1 Å². The predicted octanol–water partition coefficient (Wildman–Crippen LogP) is 0.381. The van der Waals surface area contributed by atoms with Crippen molar-refractivity contribution in [3.05, 3.63) is 0 Å². The molecule has 0 aromatic carbocycles. The summed E-state index contributed by atoms with van der Waals surface area (Å²) in [7, 11) is 0. The van der Waals surface area contributed by atoms with E-state index < -0.39 is 0 Å². The van der Waals surface area contributed by atoms with Gasteiger partial charge in [-0.3, -0.25) is 4.79 Å². The van der Waals surface area contributed by atoms with E-state index in [9.17, 15) is 4.79 Å². The number of oxime groups is 1. The number of thioether (sulfide) groups is 1. The van der Waals surface area contributed by atoms with Crippen LogP contribution in [0, 0.1) is 5.92 Å². The summed E-state index contributed by atoms with van der Waals surface area (Å²) < 4.78 is 0. The van der Waals surface area contributed by atoms with E-state index in [1.165, 1.54) is 0 Å². The van der Waals surface area contributed by atoms with Crippen molar-refractivity contribution in [2.24, 2.45) is 16.8 Å². The monoisotopic (exact) mass is 231 g/mol. The van der Waals surface area contributed by atoms with Crippen molar-refractivity contribution >= 4 is 23.5 Å². The maximum atomic E-state index is 11.7. The van der Waals surface area contributed by atoms with Crippen LogP contribution in [0.4, 0.5) is 0 Å². The number of amides is 1. The molecule has 0 aromatic rings. The van der Waals surface area contributed by atoms with Crippen LogP contribution in [-0.2, 0) is 4.79 Å². The number of hydrogen-bond acceptors (Lipinski definition) is 4. The van der Waals surface area contributed by atoms with E-state index in [-0.39, 0.29) is 23.7 Å². The van der Waals surface area contributed by atoms with E-state index >= 15 is 0 Å². The van der Waals surface area contributed by atoms with E-state index in [0.717, 1.165) is 17.9 Å². The Kier molecular flexibility index (Phi) is 4.74. The molecule has 0 aliphatic carbocycles. The van der Waals surface area contributed by atoms with Gasteiger partial charge in [0.05, 0.1) is 6.04 Å². The Morgan fingerprint density at radius 2 is 2.53 bits per heavy atom. The van der Waals surface area contributed by atoms with E-state index in [1.807, 2.05) is 6.92 Å². The van der Waals surface area contributed by atoms with Crippen molar-refractivity contribution in [3.63, 3.8) is 0 Å². The van der Waals surface area contributed by atoms with Crippen LogP contribution in [0.2, 0.25) is 0 Å². The Balaban J connectivity index is 2.47. The lowest BCUT2D eigenvalue weighted by molar-refractivity contribution is -0.124. The lowest BCUT2D eigenvalue weighted by Crippen LogP contribution is -2.46. The fourth-order valence-electron chi connectivity index (χ4n) is 1.49. The van der Waals surface area contributed by atoms with Gasteiger partial charge in [-0.25, -0.2) is 0 Å². The van der Waals surface area contributed by atoms with Crippen molar-refractivity contribution in [1.82, 2.24) is 5.32 Å². The summed E-state index contributed by atoms with van der Waals surface area (Å²) in [6.45, 7) is 1.88. The summed E-state index contributed by atoms with van der Waals surface area (Å²) >= 11 is 1.79. The Hall–Kier alpha value is -0.910. The predicted molar refractivity (Wildman–Crippen MR) is 61.1 cm³/mol. The first-order valence-corrected chi connectivity index (χ1v) is 6.20. The van der Waals surface area contributed by atoms with Crippen LogP contribution in [0.25, 0.3) is 0 Å². The molecule has 6 heteroatoms. The normalized spacial score (nSPS) is 23.8. The number of nitrogens with two attached hydrogens (primary N) is 1. The van der Waals surface area contributed by atoms with Crippen LogP contribution in [0.1, 0.15) is 19.8 Å². The highest BCUT2D eigenvalue weighted by atomic mass is 32.2. The highest BCUT2D eigenvalue weighted by Crippen LogP contribution is 2.23. The highest BCUT2D eigenvalue weighted by molar-refractivity contribution is 7.99. The quantitative estimate of drug-likeness (QED) is 0.282. The summed E-state index contributed by atoms with van der Waals surface area (Å²) in [5.74, 6) is 2.07. The SMILES string of the molecule is CCC(NC(=O)C1CCSC1)C(N)=NO. The largest absolute Gasteiger partial charge is 0.409 e. The molecule has 1 aliphatic rings. The minimum atomic E-state index is -0.354. The number of nitrogens with zero attached hydrogens (tertiary/aromatic N) is 1. The zero-order valence-corrected chi connectivity index (χ0v) is 9.59. The maximum Gasteiger partial charge on any atom is 0.224 e. The van der Waals surface area contributed by atoms with Crippen LogP contribution >= 0.6 is 11.8 Å². The molecule has 1 heterocycles. The lowest BCUT2D eigenvalue weighted by Gasteiger charge is -2.17. The van der Waals surface area contributed by atoms with Gasteiger partial charge < -0.3 is 16.3 Å². The summed E-state index contributed by atoms with van der Waals surface area (Å²) in [5.41, 5.74) is 5.45. The topological polar surface area (TPSA) is 87.7 Å². The van der Waals surface area contributed by atoms with Crippen molar-refractivity contribution in [2.75, 3.05) is 11.5 Å². The van der Waals surface area contributed by atoms with Gasteiger partial charge in [0.15, 0.2) is 5.84 Å². The molecule has 2 unspecified atom stereocenters. The molecular formula is C9H17N3O2S. The number of rotatable bonds is 4. The number of hydrogen-bond donors (Lipinski definition) is 3. The maximum absolute atomic E-state index is 11.7. The zero-order chi connectivity index (χ0) is 11.3. The smallest absolute Gasteiger partial charge is 0.224 e. The molecular weight excluding hydrogens is 214 g/mol. The third-order valence-electron chi connectivity index (χ3n) is 2.50. The minimum Gasteiger partial charge on any atom is -0.409 e. The van der Waals surface area contributed by atoms with Gasteiger partial charge in [-0.2, -0.15) is 11.8 Å². The van der Waals surface area contributed by atoms with E-state index in [2.05, 4.69) is 10.5 Å². The van der Waals surface area contributed by atoms with Gasteiger partial charge in [0.2, 0.25) is 5.91 Å². The molecule has 1 saturated heterocycles. The summed E-state index contributed by atoms with van der Waals surface area (Å²) in [6.07, 6.45) is 1.55. The lowest BCUT2D eigenvalue weighted by atomic mass is 10.1. The molecule has 4 N–H and O–H groups in total. The summed E-state index contributed by atoms with van der Waals surface area (Å²) in [6, 6.07) is -0.354. The van der Waals surface area contributed by atoms with Gasteiger partial charge in [0, 0.05) is 11.7 Å². The standard InChI is InChI=1S/C9H17N3O2S/c1-2-7(8(10)12-14)11-9(13)6-3-4-15-5-6/h6-7,14H,2-5H2,1H3,(H2,10,12)(H,11,13). The summed E-state index contributed by atoms with van der Waals surface area (Å²) in [5, 5.41) is 14.2. The second-order valence-electron chi connectivity index (χ2n) is 3.55. The molecule has 1 rings (SSSR count). The zero-order valence-electron chi connectivity index (χ0n) is 8.77. The Labute approximate surface area is 93.5 Å². The molecule has 0 spiro atoms. The molecule has 0 bridgehead atoms. The van der Waals surface area contributed by atoms with E-state index in [0.29, 0.717) is 6.42 Å². The first-order valence-electron chi connectivity index (χ1n) is 5.04. The van der Waals surface area contributed by atoms with Crippen LogP contribution in [-0.4, -0.2) is 34.5 Å². The van der Waals surface area contributed by atoms with Gasteiger partial charge in [-0.05, 0) is 18.6 Å². The van der Waals surface area contributed by atoms with Gasteiger partial charge >= 0.3 is 0 Å². The molecule has 86 valence electrons. The first-order chi connectivity index (χ1) is 7.19. The molecule has 1 amide bonds. The van der Waals surface area contributed by atoms with Crippen molar-refractivity contribution in [2.45, 2.75) is 25.8 Å². The third-order valence-corrected chi connectivity index (χ3v) is 3.66.